The molecule has 0 amide bonds. The topological polar surface area (TPSA) is 41.9 Å². The first-order valence-electron chi connectivity index (χ1n) is 13.9. The number of ether oxygens (including phenoxy) is 4. The van der Waals surface area contributed by atoms with E-state index in [4.69, 9.17) is 18.9 Å². The van der Waals surface area contributed by atoms with Gasteiger partial charge < -0.3 is 23.5 Å². The third-order valence-electron chi connectivity index (χ3n) is 8.03. The van der Waals surface area contributed by atoms with Crippen molar-refractivity contribution >= 4 is 10.9 Å². The Bertz CT molecular complexity index is 1480. The summed E-state index contributed by atoms with van der Waals surface area (Å²) in [5, 5.41) is 1.16. The maximum atomic E-state index is 7.13. The van der Waals surface area contributed by atoms with Crippen LogP contribution in [-0.4, -0.2) is 35.3 Å². The van der Waals surface area contributed by atoms with Crippen molar-refractivity contribution < 1.29 is 18.9 Å². The van der Waals surface area contributed by atoms with E-state index in [9.17, 15) is 0 Å². The number of hydrogen-bond donors (Lipinski definition) is 0. The molecule has 5 heteroatoms. The molecule has 0 N–H and O–H groups in total. The molecular formula is C35H33NO4. The van der Waals surface area contributed by atoms with Crippen LogP contribution in [0.1, 0.15) is 36.8 Å². The normalized spacial score (nSPS) is 23.9. The highest BCUT2D eigenvalue weighted by atomic mass is 16.8. The SMILES string of the molecule is CC1(C)O[C@@H]2[C@H](O1)[C@@H](COC(c1ccccc1)(c1ccccc1)c1ccccc1)O[C@@H]2n1ccc2ccccc21. The van der Waals surface area contributed by atoms with Crippen LogP contribution < -0.4 is 0 Å². The van der Waals surface area contributed by atoms with E-state index in [0.29, 0.717) is 6.61 Å². The fourth-order valence-electron chi connectivity index (χ4n) is 6.32. The average molecular weight is 532 g/mol. The molecule has 1 aromatic heterocycles. The number of benzene rings is 4. The predicted octanol–water partition coefficient (Wildman–Crippen LogP) is 7.07. The highest BCUT2D eigenvalue weighted by Gasteiger charge is 2.56. The van der Waals surface area contributed by atoms with Gasteiger partial charge in [0.25, 0.3) is 0 Å². The van der Waals surface area contributed by atoms with Crippen molar-refractivity contribution in [3.05, 3.63) is 144 Å². The lowest BCUT2D eigenvalue weighted by molar-refractivity contribution is -0.204. The molecule has 0 unspecified atom stereocenters. The summed E-state index contributed by atoms with van der Waals surface area (Å²) in [4.78, 5) is 0. The number of nitrogens with zero attached hydrogens (tertiary/aromatic N) is 1. The fraction of sp³-hybridized carbons (Fsp3) is 0.257. The molecule has 202 valence electrons. The van der Waals surface area contributed by atoms with Crippen LogP contribution in [0.2, 0.25) is 0 Å². The largest absolute Gasteiger partial charge is 0.358 e. The summed E-state index contributed by atoms with van der Waals surface area (Å²) >= 11 is 0. The Morgan fingerprint density at radius 3 is 1.80 bits per heavy atom. The Kier molecular flexibility index (Phi) is 6.32. The Hall–Kier alpha value is -3.74. The van der Waals surface area contributed by atoms with Crippen molar-refractivity contribution in [3.63, 3.8) is 0 Å². The summed E-state index contributed by atoms with van der Waals surface area (Å²) in [6.07, 6.45) is 0.862. The summed E-state index contributed by atoms with van der Waals surface area (Å²) in [6.45, 7) is 4.25. The second-order valence-corrected chi connectivity index (χ2v) is 11.0. The molecule has 4 atom stereocenters. The van der Waals surface area contributed by atoms with E-state index in [1.165, 1.54) is 0 Å². The lowest BCUT2D eigenvalue weighted by Crippen LogP contribution is -2.39. The second kappa shape index (κ2) is 10.0. The van der Waals surface area contributed by atoms with Crippen LogP contribution in [0.5, 0.6) is 0 Å². The number of aromatic nitrogens is 1. The van der Waals surface area contributed by atoms with E-state index < -0.39 is 11.4 Å². The van der Waals surface area contributed by atoms with Gasteiger partial charge in [-0.2, -0.15) is 0 Å². The van der Waals surface area contributed by atoms with Crippen molar-refractivity contribution in [1.82, 2.24) is 4.57 Å². The standard InChI is InChI=1S/C35H33NO4/c1-34(2)39-31-30(38-33(32(31)40-34)36-23-22-25-14-12-13-21-29(25)36)24-37-35(26-15-6-3-7-16-26,27-17-8-4-9-18-27)28-19-10-5-11-20-28/h3-23,30-33H,24H2,1-2H3/t30-,31-,32-,33+/m1/s1. The van der Waals surface area contributed by atoms with Crippen molar-refractivity contribution in [2.24, 2.45) is 0 Å². The zero-order valence-corrected chi connectivity index (χ0v) is 22.7. The van der Waals surface area contributed by atoms with Gasteiger partial charge in [0.2, 0.25) is 0 Å². The molecule has 3 heterocycles. The third kappa shape index (κ3) is 4.27. The quantitative estimate of drug-likeness (QED) is 0.211. The van der Waals surface area contributed by atoms with Crippen molar-refractivity contribution in [2.45, 2.75) is 49.8 Å². The molecule has 2 saturated heterocycles. The average Bonchev–Trinajstić information content (AvgIpc) is 3.66. The number of para-hydroxylation sites is 1. The summed E-state index contributed by atoms with van der Waals surface area (Å²) in [7, 11) is 0. The van der Waals surface area contributed by atoms with Gasteiger partial charge >= 0.3 is 0 Å². The van der Waals surface area contributed by atoms with Gasteiger partial charge in [-0.1, -0.05) is 109 Å². The van der Waals surface area contributed by atoms with Crippen LogP contribution in [0, 0.1) is 0 Å². The first-order valence-corrected chi connectivity index (χ1v) is 13.9. The van der Waals surface area contributed by atoms with Gasteiger partial charge in [-0.3, -0.25) is 0 Å². The summed E-state index contributed by atoms with van der Waals surface area (Å²) in [6, 6.07) is 41.7. The maximum absolute atomic E-state index is 7.13. The van der Waals surface area contributed by atoms with Gasteiger partial charge in [-0.25, -0.2) is 0 Å². The first-order chi connectivity index (χ1) is 19.6. The highest BCUT2D eigenvalue weighted by molar-refractivity contribution is 5.80. The van der Waals surface area contributed by atoms with Gasteiger partial charge in [-0.05, 0) is 48.1 Å². The molecule has 2 aliphatic heterocycles. The molecule has 0 saturated carbocycles. The van der Waals surface area contributed by atoms with Gasteiger partial charge in [-0.15, -0.1) is 0 Å². The minimum Gasteiger partial charge on any atom is -0.358 e. The molecule has 0 radical (unpaired) electrons. The minimum absolute atomic E-state index is 0.265. The molecule has 2 fully saturated rings. The summed E-state index contributed by atoms with van der Waals surface area (Å²) < 4.78 is 29.0. The van der Waals surface area contributed by atoms with Crippen LogP contribution in [0.15, 0.2) is 128 Å². The Morgan fingerprint density at radius 2 is 1.20 bits per heavy atom. The van der Waals surface area contributed by atoms with E-state index in [1.807, 2.05) is 32.0 Å². The van der Waals surface area contributed by atoms with Crippen molar-refractivity contribution in [3.8, 4) is 0 Å². The minimum atomic E-state index is -0.837. The Labute approximate surface area is 234 Å². The van der Waals surface area contributed by atoms with E-state index in [0.717, 1.165) is 27.6 Å². The molecule has 5 aromatic rings. The van der Waals surface area contributed by atoms with E-state index >= 15 is 0 Å². The molecule has 5 nitrogen and oxygen atoms in total. The molecule has 4 aromatic carbocycles. The van der Waals surface area contributed by atoms with Crippen LogP contribution in [0.4, 0.5) is 0 Å². The smallest absolute Gasteiger partial charge is 0.164 e. The molecule has 7 rings (SSSR count). The molecule has 0 spiro atoms. The van der Waals surface area contributed by atoms with E-state index in [2.05, 4.69) is 114 Å². The molecular weight excluding hydrogens is 498 g/mol. The Balaban J connectivity index is 1.28. The lowest BCUT2D eigenvalue weighted by atomic mass is 9.80. The summed E-state index contributed by atoms with van der Waals surface area (Å²) in [5.74, 6) is -0.714. The van der Waals surface area contributed by atoms with Gasteiger partial charge in [0.1, 0.15) is 23.9 Å². The zero-order chi connectivity index (χ0) is 27.2. The molecule has 2 aliphatic rings. The number of fused-ring (bicyclic) bond motifs is 2. The van der Waals surface area contributed by atoms with Gasteiger partial charge in [0, 0.05) is 6.20 Å². The van der Waals surface area contributed by atoms with E-state index in [-0.39, 0.29) is 24.5 Å². The fourth-order valence-corrected chi connectivity index (χ4v) is 6.32. The molecule has 40 heavy (non-hydrogen) atoms. The van der Waals surface area contributed by atoms with Crippen LogP contribution in [0.3, 0.4) is 0 Å². The predicted molar refractivity (Wildman–Crippen MR) is 155 cm³/mol. The maximum Gasteiger partial charge on any atom is 0.164 e. The monoisotopic (exact) mass is 531 g/mol. The zero-order valence-electron chi connectivity index (χ0n) is 22.7. The van der Waals surface area contributed by atoms with Crippen LogP contribution >= 0.6 is 0 Å². The van der Waals surface area contributed by atoms with E-state index in [1.54, 1.807) is 0 Å². The third-order valence-corrected chi connectivity index (χ3v) is 8.03. The van der Waals surface area contributed by atoms with Gasteiger partial charge in [0.15, 0.2) is 12.0 Å². The summed E-state index contributed by atoms with van der Waals surface area (Å²) in [5.41, 5.74) is 3.43. The molecule has 0 aliphatic carbocycles. The molecule has 0 bridgehead atoms. The lowest BCUT2D eigenvalue weighted by Gasteiger charge is -2.37. The number of hydrogen-bond acceptors (Lipinski definition) is 4. The van der Waals surface area contributed by atoms with Crippen LogP contribution in [0.25, 0.3) is 10.9 Å². The highest BCUT2D eigenvalue weighted by Crippen LogP contribution is 2.46. The van der Waals surface area contributed by atoms with Gasteiger partial charge in [0.05, 0.1) is 12.1 Å². The second-order valence-electron chi connectivity index (χ2n) is 11.0. The Morgan fingerprint density at radius 1 is 0.675 bits per heavy atom. The van der Waals surface area contributed by atoms with Crippen molar-refractivity contribution in [2.75, 3.05) is 6.61 Å². The first kappa shape index (κ1) is 25.2. The van der Waals surface area contributed by atoms with Crippen LogP contribution in [-0.2, 0) is 24.5 Å². The number of rotatable bonds is 7. The van der Waals surface area contributed by atoms with Crippen molar-refractivity contribution in [1.29, 1.82) is 0 Å².